The van der Waals surface area contributed by atoms with Gasteiger partial charge in [0.15, 0.2) is 5.82 Å². The number of aromatic nitrogens is 2. The maximum atomic E-state index is 12.0. The summed E-state index contributed by atoms with van der Waals surface area (Å²) in [5, 5.41) is 3.94. The fraction of sp³-hybridized carbons (Fsp3) is 0.786. The van der Waals surface area contributed by atoms with Crippen molar-refractivity contribution in [3.8, 4) is 0 Å². The van der Waals surface area contributed by atoms with Gasteiger partial charge in [-0.2, -0.15) is 16.7 Å². The highest BCUT2D eigenvalue weighted by Gasteiger charge is 2.28. The fourth-order valence-electron chi connectivity index (χ4n) is 1.79. The van der Waals surface area contributed by atoms with E-state index in [-0.39, 0.29) is 5.97 Å². The molecular weight excluding hydrogens is 276 g/mol. The second-order valence-corrected chi connectivity index (χ2v) is 6.14. The number of rotatable bonds is 9. The number of esters is 1. The minimum absolute atomic E-state index is 0.280. The van der Waals surface area contributed by atoms with Crippen molar-refractivity contribution in [1.29, 1.82) is 0 Å². The minimum Gasteiger partial charge on any atom is -0.465 e. The van der Waals surface area contributed by atoms with Crippen LogP contribution in [0.4, 0.5) is 0 Å². The minimum atomic E-state index is -0.452. The van der Waals surface area contributed by atoms with Crippen LogP contribution in [0.15, 0.2) is 4.52 Å². The van der Waals surface area contributed by atoms with E-state index in [0.29, 0.717) is 36.4 Å². The van der Waals surface area contributed by atoms with Gasteiger partial charge in [0, 0.05) is 0 Å². The van der Waals surface area contributed by atoms with Gasteiger partial charge in [-0.15, -0.1) is 0 Å². The van der Waals surface area contributed by atoms with Crippen molar-refractivity contribution in [3.05, 3.63) is 11.7 Å². The van der Waals surface area contributed by atoms with Crippen LogP contribution in [0.2, 0.25) is 0 Å². The number of hydrogen-bond acceptors (Lipinski definition) is 6. The van der Waals surface area contributed by atoms with Gasteiger partial charge in [0.25, 0.3) is 0 Å². The first-order valence-corrected chi connectivity index (χ1v) is 8.30. The van der Waals surface area contributed by atoms with Crippen LogP contribution in [0.3, 0.4) is 0 Å². The Bertz CT molecular complexity index is 407. The third-order valence-corrected chi connectivity index (χ3v) is 3.80. The van der Waals surface area contributed by atoms with Crippen LogP contribution in [-0.2, 0) is 15.3 Å². The van der Waals surface area contributed by atoms with Crippen LogP contribution < -0.4 is 0 Å². The van der Waals surface area contributed by atoms with E-state index in [4.69, 9.17) is 9.26 Å². The molecular formula is C14H24N2O3S. The summed E-state index contributed by atoms with van der Waals surface area (Å²) < 4.78 is 10.3. The van der Waals surface area contributed by atoms with E-state index in [1.165, 1.54) is 0 Å². The topological polar surface area (TPSA) is 65.2 Å². The Morgan fingerprint density at radius 2 is 2.15 bits per heavy atom. The molecule has 0 aliphatic carbocycles. The van der Waals surface area contributed by atoms with Crippen LogP contribution in [0.1, 0.15) is 58.2 Å². The number of nitrogens with zero attached hydrogens (tertiary/aromatic N) is 2. The summed E-state index contributed by atoms with van der Waals surface area (Å²) in [6, 6.07) is 0. The van der Waals surface area contributed by atoms with E-state index >= 15 is 0 Å². The summed E-state index contributed by atoms with van der Waals surface area (Å²) in [6.07, 6.45) is 1.77. The Balaban J connectivity index is 2.72. The van der Waals surface area contributed by atoms with E-state index in [1.54, 1.807) is 18.7 Å². The predicted molar refractivity (Wildman–Crippen MR) is 79.6 cm³/mol. The quantitative estimate of drug-likeness (QED) is 0.514. The molecule has 6 heteroatoms. The molecule has 0 amide bonds. The maximum absolute atomic E-state index is 12.0. The van der Waals surface area contributed by atoms with E-state index in [9.17, 15) is 4.79 Å². The molecule has 5 nitrogen and oxygen atoms in total. The molecule has 0 aromatic carbocycles. The molecule has 0 bridgehead atoms. The second kappa shape index (κ2) is 9.00. The zero-order chi connectivity index (χ0) is 15.0. The highest BCUT2D eigenvalue weighted by atomic mass is 32.2. The first-order valence-electron chi connectivity index (χ1n) is 7.15. The molecule has 20 heavy (non-hydrogen) atoms. The van der Waals surface area contributed by atoms with Crippen LogP contribution in [0.5, 0.6) is 0 Å². The molecule has 114 valence electrons. The van der Waals surface area contributed by atoms with Gasteiger partial charge < -0.3 is 9.26 Å². The second-order valence-electron chi connectivity index (χ2n) is 5.04. The Labute approximate surface area is 124 Å². The molecule has 1 aromatic heterocycles. The van der Waals surface area contributed by atoms with Gasteiger partial charge in [0.1, 0.15) is 5.92 Å². The summed E-state index contributed by atoms with van der Waals surface area (Å²) in [6.45, 7) is 8.40. The molecule has 0 radical (unpaired) electrons. The highest BCUT2D eigenvalue weighted by molar-refractivity contribution is 7.98. The Kier molecular flexibility index (Phi) is 7.65. The molecule has 1 unspecified atom stereocenters. The maximum Gasteiger partial charge on any atom is 0.318 e. The van der Waals surface area contributed by atoms with Crippen molar-refractivity contribution in [2.24, 2.45) is 5.92 Å². The fourth-order valence-corrected chi connectivity index (χ4v) is 2.52. The van der Waals surface area contributed by atoms with Crippen molar-refractivity contribution in [2.45, 2.75) is 52.2 Å². The van der Waals surface area contributed by atoms with Gasteiger partial charge in [0.05, 0.1) is 12.4 Å². The Morgan fingerprint density at radius 3 is 2.75 bits per heavy atom. The molecule has 0 saturated carbocycles. The zero-order valence-electron chi connectivity index (χ0n) is 12.7. The van der Waals surface area contributed by atoms with Gasteiger partial charge in [-0.3, -0.25) is 4.79 Å². The van der Waals surface area contributed by atoms with Crippen molar-refractivity contribution >= 4 is 17.7 Å². The lowest BCUT2D eigenvalue weighted by Gasteiger charge is -2.13. The van der Waals surface area contributed by atoms with Gasteiger partial charge in [-0.05, 0) is 31.4 Å². The molecule has 0 aliphatic heterocycles. The van der Waals surface area contributed by atoms with Gasteiger partial charge in [-0.1, -0.05) is 25.9 Å². The first-order chi connectivity index (χ1) is 9.58. The molecule has 0 spiro atoms. The van der Waals surface area contributed by atoms with E-state index in [2.05, 4.69) is 30.9 Å². The number of thioether (sulfide) groups is 1. The highest BCUT2D eigenvalue weighted by Crippen LogP contribution is 2.24. The summed E-state index contributed by atoms with van der Waals surface area (Å²) in [5.41, 5.74) is 0. The number of ether oxygens (including phenoxy) is 1. The van der Waals surface area contributed by atoms with Crippen LogP contribution in [-0.4, -0.2) is 28.5 Å². The molecule has 0 aliphatic rings. The average Bonchev–Trinajstić information content (AvgIpc) is 2.85. The van der Waals surface area contributed by atoms with Crippen molar-refractivity contribution in [2.75, 3.05) is 12.4 Å². The van der Waals surface area contributed by atoms with Gasteiger partial charge >= 0.3 is 5.97 Å². The van der Waals surface area contributed by atoms with Gasteiger partial charge in [0.2, 0.25) is 5.89 Å². The lowest BCUT2D eigenvalue weighted by atomic mass is 9.97. The molecule has 1 atom stereocenters. The van der Waals surface area contributed by atoms with Gasteiger partial charge in [-0.25, -0.2) is 0 Å². The summed E-state index contributed by atoms with van der Waals surface area (Å²) in [5.74, 6) is 2.44. The van der Waals surface area contributed by atoms with Crippen molar-refractivity contribution < 1.29 is 14.1 Å². The molecule has 0 saturated heterocycles. The smallest absolute Gasteiger partial charge is 0.318 e. The third kappa shape index (κ3) is 5.53. The average molecular weight is 300 g/mol. The molecule has 1 heterocycles. The molecule has 1 aromatic rings. The van der Waals surface area contributed by atoms with Crippen LogP contribution in [0, 0.1) is 5.92 Å². The number of carbonyl (C=O) groups is 1. The van der Waals surface area contributed by atoms with E-state index < -0.39 is 5.92 Å². The first kappa shape index (κ1) is 17.0. The third-order valence-electron chi connectivity index (χ3n) is 2.64. The molecule has 1 rings (SSSR count). The normalized spacial score (nSPS) is 12.7. The van der Waals surface area contributed by atoms with Crippen LogP contribution in [0.25, 0.3) is 0 Å². The molecule has 0 fully saturated rings. The zero-order valence-corrected chi connectivity index (χ0v) is 13.5. The standard InChI is InChI=1S/C14H24N2O3S/c1-5-7-20-9-12-15-13(19-16-12)11(8-10(3)4)14(17)18-6-2/h10-11H,5-9H2,1-4H3. The monoisotopic (exact) mass is 300 g/mol. The summed E-state index contributed by atoms with van der Waals surface area (Å²) in [4.78, 5) is 16.3. The van der Waals surface area contributed by atoms with E-state index in [0.717, 1.165) is 12.2 Å². The van der Waals surface area contributed by atoms with Crippen LogP contribution >= 0.6 is 11.8 Å². The summed E-state index contributed by atoms with van der Waals surface area (Å²) >= 11 is 1.76. The Morgan fingerprint density at radius 1 is 1.40 bits per heavy atom. The lowest BCUT2D eigenvalue weighted by molar-refractivity contribution is -0.146. The lowest BCUT2D eigenvalue weighted by Crippen LogP contribution is -2.18. The Hall–Kier alpha value is -1.04. The number of carbonyl (C=O) groups excluding carboxylic acids is 1. The largest absolute Gasteiger partial charge is 0.465 e. The molecule has 0 N–H and O–H groups in total. The SMILES string of the molecule is CCCSCc1noc(C(CC(C)C)C(=O)OCC)n1. The predicted octanol–water partition coefficient (Wildman–Crippen LogP) is 3.41. The van der Waals surface area contributed by atoms with Crippen molar-refractivity contribution in [1.82, 2.24) is 10.1 Å². The number of hydrogen-bond donors (Lipinski definition) is 0. The van der Waals surface area contributed by atoms with Crippen molar-refractivity contribution in [3.63, 3.8) is 0 Å². The van der Waals surface area contributed by atoms with E-state index in [1.807, 2.05) is 0 Å². The summed E-state index contributed by atoms with van der Waals surface area (Å²) in [7, 11) is 0.